The van der Waals surface area contributed by atoms with Crippen LogP contribution in [0.2, 0.25) is 5.02 Å². The molecule has 0 aromatic heterocycles. The normalized spacial score (nSPS) is 23.6. The molecular weight excluding hydrogens is 274 g/mol. The molecule has 4 nitrogen and oxygen atoms in total. The zero-order valence-corrected chi connectivity index (χ0v) is 11.3. The van der Waals surface area contributed by atoms with Crippen molar-refractivity contribution in [1.82, 2.24) is 5.32 Å². The van der Waals surface area contributed by atoms with Gasteiger partial charge in [-0.2, -0.15) is 0 Å². The minimum atomic E-state index is -0.746. The standard InChI is InChI=1S/C12H14ClNO3S/c13-11-2-1-9(15)7-10(11)12(16)14-8-3-5-18(17)6-4-8/h1-2,7-8,15H,3-6H2,(H,14,16). The molecule has 0 bridgehead atoms. The van der Waals surface area contributed by atoms with Crippen LogP contribution >= 0.6 is 11.6 Å². The van der Waals surface area contributed by atoms with Crippen LogP contribution in [0.25, 0.3) is 0 Å². The van der Waals surface area contributed by atoms with Crippen molar-refractivity contribution < 1.29 is 14.1 Å². The minimum Gasteiger partial charge on any atom is -0.508 e. The van der Waals surface area contributed by atoms with Crippen LogP contribution in [0.5, 0.6) is 5.75 Å². The molecule has 0 radical (unpaired) electrons. The number of hydrogen-bond acceptors (Lipinski definition) is 3. The van der Waals surface area contributed by atoms with E-state index in [1.165, 1.54) is 18.2 Å². The van der Waals surface area contributed by atoms with E-state index in [-0.39, 0.29) is 23.3 Å². The van der Waals surface area contributed by atoms with Gasteiger partial charge in [0, 0.05) is 28.3 Å². The highest BCUT2D eigenvalue weighted by atomic mass is 35.5. The summed E-state index contributed by atoms with van der Waals surface area (Å²) in [5, 5.41) is 12.5. The van der Waals surface area contributed by atoms with E-state index < -0.39 is 10.8 Å². The molecule has 1 saturated heterocycles. The third kappa shape index (κ3) is 3.23. The maximum atomic E-state index is 12.0. The Morgan fingerprint density at radius 1 is 1.39 bits per heavy atom. The molecule has 1 fully saturated rings. The summed E-state index contributed by atoms with van der Waals surface area (Å²) in [6.07, 6.45) is 1.43. The first-order valence-corrected chi connectivity index (χ1v) is 7.57. The van der Waals surface area contributed by atoms with Gasteiger partial charge in [-0.15, -0.1) is 0 Å². The first kappa shape index (κ1) is 13.4. The summed E-state index contributed by atoms with van der Waals surface area (Å²) in [5.41, 5.74) is 0.267. The molecule has 1 aliphatic heterocycles. The first-order chi connectivity index (χ1) is 8.56. The lowest BCUT2D eigenvalue weighted by atomic mass is 10.1. The van der Waals surface area contributed by atoms with Crippen molar-refractivity contribution in [2.75, 3.05) is 11.5 Å². The van der Waals surface area contributed by atoms with Gasteiger partial charge in [-0.05, 0) is 31.0 Å². The van der Waals surface area contributed by atoms with Gasteiger partial charge in [-0.3, -0.25) is 9.00 Å². The Kier molecular flexibility index (Phi) is 4.24. The number of carbonyl (C=O) groups excluding carboxylic acids is 1. The molecule has 98 valence electrons. The van der Waals surface area contributed by atoms with Gasteiger partial charge in [0.2, 0.25) is 0 Å². The van der Waals surface area contributed by atoms with E-state index in [0.717, 1.165) is 12.8 Å². The van der Waals surface area contributed by atoms with Crippen LogP contribution in [0.3, 0.4) is 0 Å². The van der Waals surface area contributed by atoms with Gasteiger partial charge in [0.25, 0.3) is 5.91 Å². The molecule has 0 aliphatic carbocycles. The number of nitrogens with one attached hydrogen (secondary N) is 1. The second-order valence-electron chi connectivity index (χ2n) is 4.26. The highest BCUT2D eigenvalue weighted by Gasteiger charge is 2.21. The fraction of sp³-hybridized carbons (Fsp3) is 0.417. The lowest BCUT2D eigenvalue weighted by Gasteiger charge is -2.22. The number of carbonyl (C=O) groups is 1. The molecule has 2 rings (SSSR count). The van der Waals surface area contributed by atoms with E-state index in [0.29, 0.717) is 16.5 Å². The van der Waals surface area contributed by atoms with Gasteiger partial charge < -0.3 is 10.4 Å². The number of halogens is 1. The van der Waals surface area contributed by atoms with Gasteiger partial charge in [-0.25, -0.2) is 0 Å². The Balaban J connectivity index is 2.03. The lowest BCUT2D eigenvalue weighted by molar-refractivity contribution is 0.0934. The zero-order chi connectivity index (χ0) is 13.1. The van der Waals surface area contributed by atoms with Crippen LogP contribution in [0.1, 0.15) is 23.2 Å². The van der Waals surface area contributed by atoms with Crippen LogP contribution in [-0.2, 0) is 10.8 Å². The molecule has 0 unspecified atom stereocenters. The molecule has 0 spiro atoms. The molecule has 1 heterocycles. The van der Waals surface area contributed by atoms with Gasteiger partial charge in [-0.1, -0.05) is 11.6 Å². The molecule has 6 heteroatoms. The van der Waals surface area contributed by atoms with Crippen molar-refractivity contribution in [3.8, 4) is 5.75 Å². The van der Waals surface area contributed by atoms with E-state index in [9.17, 15) is 14.1 Å². The summed E-state index contributed by atoms with van der Waals surface area (Å²) in [6, 6.07) is 4.30. The highest BCUT2D eigenvalue weighted by Crippen LogP contribution is 2.21. The summed E-state index contributed by atoms with van der Waals surface area (Å²) >= 11 is 5.91. The predicted molar refractivity (Wildman–Crippen MR) is 71.5 cm³/mol. The molecule has 2 N–H and O–H groups in total. The Hall–Kier alpha value is -1.07. The minimum absolute atomic E-state index is 0.00861. The third-order valence-corrected chi connectivity index (χ3v) is 4.63. The number of hydrogen-bond donors (Lipinski definition) is 2. The van der Waals surface area contributed by atoms with Gasteiger partial charge in [0.05, 0.1) is 10.6 Å². The van der Waals surface area contributed by atoms with Gasteiger partial charge in [0.1, 0.15) is 5.75 Å². The quantitative estimate of drug-likeness (QED) is 0.870. The second kappa shape index (κ2) is 5.71. The molecule has 18 heavy (non-hydrogen) atoms. The number of amides is 1. The average Bonchev–Trinajstić information content (AvgIpc) is 2.35. The summed E-state index contributed by atoms with van der Waals surface area (Å²) in [6.45, 7) is 0. The Morgan fingerprint density at radius 2 is 2.06 bits per heavy atom. The van der Waals surface area contributed by atoms with Gasteiger partial charge >= 0.3 is 0 Å². The molecule has 1 aromatic rings. The van der Waals surface area contributed by atoms with Crippen molar-refractivity contribution >= 4 is 28.3 Å². The summed E-state index contributed by atoms with van der Waals surface area (Å²) in [5.74, 6) is 0.958. The molecule has 0 atom stereocenters. The molecule has 1 amide bonds. The number of phenols is 1. The van der Waals surface area contributed by atoms with Crippen LogP contribution in [0.15, 0.2) is 18.2 Å². The van der Waals surface area contributed by atoms with Crippen molar-refractivity contribution in [3.63, 3.8) is 0 Å². The second-order valence-corrected chi connectivity index (χ2v) is 6.36. The number of phenolic OH excluding ortho intramolecular Hbond substituents is 1. The number of rotatable bonds is 2. The summed E-state index contributed by atoms with van der Waals surface area (Å²) in [4.78, 5) is 12.0. The van der Waals surface area contributed by atoms with Crippen LogP contribution in [0.4, 0.5) is 0 Å². The van der Waals surface area contributed by atoms with E-state index in [2.05, 4.69) is 5.32 Å². The fourth-order valence-corrected chi connectivity index (χ4v) is 3.39. The van der Waals surface area contributed by atoms with E-state index in [1.54, 1.807) is 0 Å². The SMILES string of the molecule is O=C(NC1CCS(=O)CC1)c1cc(O)ccc1Cl. The van der Waals surface area contributed by atoms with Crippen LogP contribution in [-0.4, -0.2) is 32.8 Å². The highest BCUT2D eigenvalue weighted by molar-refractivity contribution is 7.85. The Morgan fingerprint density at radius 3 is 2.72 bits per heavy atom. The van der Waals surface area contributed by atoms with E-state index in [1.807, 2.05) is 0 Å². The van der Waals surface area contributed by atoms with Crippen molar-refractivity contribution in [1.29, 1.82) is 0 Å². The average molecular weight is 288 g/mol. The van der Waals surface area contributed by atoms with Crippen molar-refractivity contribution in [2.24, 2.45) is 0 Å². The first-order valence-electron chi connectivity index (χ1n) is 5.70. The molecule has 1 aliphatic rings. The van der Waals surface area contributed by atoms with Crippen molar-refractivity contribution in [2.45, 2.75) is 18.9 Å². The van der Waals surface area contributed by atoms with Crippen LogP contribution in [0, 0.1) is 0 Å². The smallest absolute Gasteiger partial charge is 0.253 e. The summed E-state index contributed by atoms with van der Waals surface area (Å²) in [7, 11) is -0.746. The number of benzene rings is 1. The van der Waals surface area contributed by atoms with E-state index >= 15 is 0 Å². The third-order valence-electron chi connectivity index (χ3n) is 2.92. The van der Waals surface area contributed by atoms with Crippen molar-refractivity contribution in [3.05, 3.63) is 28.8 Å². The summed E-state index contributed by atoms with van der Waals surface area (Å²) < 4.78 is 11.2. The van der Waals surface area contributed by atoms with Crippen LogP contribution < -0.4 is 5.32 Å². The maximum Gasteiger partial charge on any atom is 0.253 e. The monoisotopic (exact) mass is 287 g/mol. The molecule has 0 saturated carbocycles. The maximum absolute atomic E-state index is 12.0. The fourth-order valence-electron chi connectivity index (χ4n) is 1.89. The molecular formula is C12H14ClNO3S. The molecule has 1 aromatic carbocycles. The Bertz CT molecular complexity index is 482. The lowest BCUT2D eigenvalue weighted by Crippen LogP contribution is -2.39. The van der Waals surface area contributed by atoms with E-state index in [4.69, 9.17) is 11.6 Å². The van der Waals surface area contributed by atoms with Gasteiger partial charge in [0.15, 0.2) is 0 Å². The Labute approximate surface area is 113 Å². The number of aromatic hydroxyl groups is 1. The predicted octanol–water partition coefficient (Wildman–Crippen LogP) is 1.69. The largest absolute Gasteiger partial charge is 0.508 e. The topological polar surface area (TPSA) is 66.4 Å². The zero-order valence-electron chi connectivity index (χ0n) is 9.69.